The van der Waals surface area contributed by atoms with E-state index < -0.39 is 35.2 Å². The molecule has 0 bridgehead atoms. The van der Waals surface area contributed by atoms with Crippen LogP contribution in [0.2, 0.25) is 0 Å². The highest BCUT2D eigenvalue weighted by atomic mass is 19.2. The first-order valence-electron chi connectivity index (χ1n) is 6.87. The van der Waals surface area contributed by atoms with E-state index in [2.05, 4.69) is 4.74 Å². The Morgan fingerprint density at radius 2 is 1.08 bits per heavy atom. The first-order chi connectivity index (χ1) is 11.8. The molecule has 0 saturated carbocycles. The molecule has 0 fully saturated rings. The van der Waals surface area contributed by atoms with Crippen LogP contribution in [0.1, 0.15) is 11.1 Å². The Morgan fingerprint density at radius 1 is 0.680 bits per heavy atom. The lowest BCUT2D eigenvalue weighted by atomic mass is 10.2. The van der Waals surface area contributed by atoms with Gasteiger partial charge in [-0.15, -0.1) is 0 Å². The summed E-state index contributed by atoms with van der Waals surface area (Å²) < 4.78 is 55.9. The third kappa shape index (κ3) is 5.42. The Bertz CT molecular complexity index is 801. The third-order valence-corrected chi connectivity index (χ3v) is 2.91. The van der Waals surface area contributed by atoms with Crippen LogP contribution in [-0.4, -0.2) is 11.9 Å². The van der Waals surface area contributed by atoms with E-state index in [4.69, 9.17) is 0 Å². The van der Waals surface area contributed by atoms with Crippen molar-refractivity contribution in [3.8, 4) is 0 Å². The molecule has 0 spiro atoms. The fourth-order valence-electron chi connectivity index (χ4n) is 1.73. The van der Waals surface area contributed by atoms with Crippen LogP contribution in [0.4, 0.5) is 17.6 Å². The highest BCUT2D eigenvalue weighted by Crippen LogP contribution is 2.11. The van der Waals surface area contributed by atoms with E-state index in [0.29, 0.717) is 0 Å². The standard InChI is InChI=1S/C18H10F4O3/c19-13-5-1-11(9-15(13)21)3-7-17(23)25-18(24)8-4-12-2-6-14(20)16(22)10-12/h1-10H. The lowest BCUT2D eigenvalue weighted by Gasteiger charge is -1.97. The number of benzene rings is 2. The van der Waals surface area contributed by atoms with Gasteiger partial charge < -0.3 is 4.74 Å². The molecule has 0 aliphatic rings. The molecular weight excluding hydrogens is 340 g/mol. The molecule has 0 atom stereocenters. The van der Waals surface area contributed by atoms with E-state index in [0.717, 1.165) is 48.6 Å². The highest BCUT2D eigenvalue weighted by Gasteiger charge is 2.06. The van der Waals surface area contributed by atoms with E-state index in [1.54, 1.807) is 0 Å². The van der Waals surface area contributed by atoms with E-state index in [9.17, 15) is 27.2 Å². The van der Waals surface area contributed by atoms with Gasteiger partial charge in [-0.2, -0.15) is 0 Å². The van der Waals surface area contributed by atoms with Gasteiger partial charge in [-0.05, 0) is 47.5 Å². The van der Waals surface area contributed by atoms with Crippen molar-refractivity contribution in [1.82, 2.24) is 0 Å². The molecule has 0 unspecified atom stereocenters. The summed E-state index contributed by atoms with van der Waals surface area (Å²) in [4.78, 5) is 22.9. The van der Waals surface area contributed by atoms with Gasteiger partial charge in [0.1, 0.15) is 0 Å². The first kappa shape index (κ1) is 18.1. The molecule has 0 saturated heterocycles. The molecule has 0 aliphatic carbocycles. The SMILES string of the molecule is O=C(C=Cc1ccc(F)c(F)c1)OC(=O)C=Cc1ccc(F)c(F)c1. The van der Waals surface area contributed by atoms with Gasteiger partial charge in [-0.25, -0.2) is 27.2 Å². The molecule has 0 N–H and O–H groups in total. The van der Waals surface area contributed by atoms with E-state index in [1.165, 1.54) is 12.1 Å². The Hall–Kier alpha value is -3.22. The second-order valence-electron chi connectivity index (χ2n) is 4.75. The van der Waals surface area contributed by atoms with Crippen LogP contribution >= 0.6 is 0 Å². The average Bonchev–Trinajstić information content (AvgIpc) is 2.57. The van der Waals surface area contributed by atoms with Crippen molar-refractivity contribution in [2.45, 2.75) is 0 Å². The number of carbonyl (C=O) groups excluding carboxylic acids is 2. The minimum atomic E-state index is -1.08. The summed E-state index contributed by atoms with van der Waals surface area (Å²) in [7, 11) is 0. The normalized spacial score (nSPS) is 11.2. The highest BCUT2D eigenvalue weighted by molar-refractivity contribution is 5.99. The maximum absolute atomic E-state index is 13.0. The van der Waals surface area contributed by atoms with Gasteiger partial charge in [0, 0.05) is 12.2 Å². The van der Waals surface area contributed by atoms with Crippen LogP contribution in [0, 0.1) is 23.3 Å². The largest absolute Gasteiger partial charge is 0.387 e. The van der Waals surface area contributed by atoms with Crippen molar-refractivity contribution >= 4 is 24.1 Å². The van der Waals surface area contributed by atoms with E-state index in [-0.39, 0.29) is 11.1 Å². The number of hydrogen-bond acceptors (Lipinski definition) is 3. The third-order valence-electron chi connectivity index (χ3n) is 2.91. The van der Waals surface area contributed by atoms with Gasteiger partial charge in [0.2, 0.25) is 0 Å². The lowest BCUT2D eigenvalue weighted by molar-refractivity contribution is -0.152. The summed E-state index contributed by atoms with van der Waals surface area (Å²) in [6.45, 7) is 0. The second-order valence-corrected chi connectivity index (χ2v) is 4.75. The van der Waals surface area contributed by atoms with Crippen molar-refractivity contribution in [3.63, 3.8) is 0 Å². The molecule has 0 heterocycles. The predicted molar refractivity (Wildman–Crippen MR) is 81.9 cm³/mol. The minimum Gasteiger partial charge on any atom is -0.387 e. The monoisotopic (exact) mass is 350 g/mol. The van der Waals surface area contributed by atoms with E-state index >= 15 is 0 Å². The fourth-order valence-corrected chi connectivity index (χ4v) is 1.73. The smallest absolute Gasteiger partial charge is 0.338 e. The van der Waals surface area contributed by atoms with Crippen molar-refractivity contribution in [2.24, 2.45) is 0 Å². The maximum Gasteiger partial charge on any atom is 0.338 e. The zero-order valence-corrected chi connectivity index (χ0v) is 12.5. The fraction of sp³-hybridized carbons (Fsp3) is 0. The van der Waals surface area contributed by atoms with Crippen LogP contribution in [0.25, 0.3) is 12.2 Å². The molecule has 2 rings (SSSR count). The Labute approximate surface area is 139 Å². The molecule has 0 amide bonds. The van der Waals surface area contributed by atoms with Crippen LogP contribution in [-0.2, 0) is 14.3 Å². The van der Waals surface area contributed by atoms with Crippen LogP contribution in [0.3, 0.4) is 0 Å². The van der Waals surface area contributed by atoms with Gasteiger partial charge in [0.25, 0.3) is 0 Å². The van der Waals surface area contributed by atoms with Gasteiger partial charge in [0.15, 0.2) is 23.3 Å². The summed E-state index contributed by atoms with van der Waals surface area (Å²) in [6.07, 6.45) is 3.99. The van der Waals surface area contributed by atoms with Gasteiger partial charge in [-0.3, -0.25) is 0 Å². The number of carbonyl (C=O) groups is 2. The zero-order valence-electron chi connectivity index (χ0n) is 12.5. The van der Waals surface area contributed by atoms with Crippen molar-refractivity contribution in [1.29, 1.82) is 0 Å². The van der Waals surface area contributed by atoms with E-state index in [1.807, 2.05) is 0 Å². The number of ether oxygens (including phenoxy) is 1. The number of halogens is 4. The molecule has 0 aromatic heterocycles. The van der Waals surface area contributed by atoms with Crippen LogP contribution in [0.15, 0.2) is 48.6 Å². The lowest BCUT2D eigenvalue weighted by Crippen LogP contribution is -2.06. The van der Waals surface area contributed by atoms with Gasteiger partial charge in [-0.1, -0.05) is 12.1 Å². The molecule has 25 heavy (non-hydrogen) atoms. The topological polar surface area (TPSA) is 43.4 Å². The molecule has 2 aromatic rings. The maximum atomic E-state index is 13.0. The summed E-state index contributed by atoms with van der Waals surface area (Å²) in [6, 6.07) is 5.96. The molecule has 2 aromatic carbocycles. The quantitative estimate of drug-likeness (QED) is 0.362. The summed E-state index contributed by atoms with van der Waals surface area (Å²) >= 11 is 0. The number of rotatable bonds is 4. The number of hydrogen-bond donors (Lipinski definition) is 0. The van der Waals surface area contributed by atoms with Crippen molar-refractivity contribution in [2.75, 3.05) is 0 Å². The predicted octanol–water partition coefficient (Wildman–Crippen LogP) is 4.04. The minimum absolute atomic E-state index is 0.195. The number of esters is 2. The Morgan fingerprint density at radius 3 is 1.44 bits per heavy atom. The first-order valence-corrected chi connectivity index (χ1v) is 6.87. The summed E-state index contributed by atoms with van der Waals surface area (Å²) in [5, 5.41) is 0. The Balaban J connectivity index is 1.94. The van der Waals surface area contributed by atoms with Crippen LogP contribution in [0.5, 0.6) is 0 Å². The zero-order chi connectivity index (χ0) is 18.4. The summed E-state index contributed by atoms with van der Waals surface area (Å²) in [5.41, 5.74) is 0.390. The molecule has 0 radical (unpaired) electrons. The molecule has 0 aliphatic heterocycles. The van der Waals surface area contributed by atoms with Crippen LogP contribution < -0.4 is 0 Å². The molecule has 7 heteroatoms. The van der Waals surface area contributed by atoms with Gasteiger partial charge >= 0.3 is 11.9 Å². The van der Waals surface area contributed by atoms with Gasteiger partial charge in [0.05, 0.1) is 0 Å². The average molecular weight is 350 g/mol. The molecular formula is C18H10F4O3. The summed E-state index contributed by atoms with van der Waals surface area (Å²) in [5.74, 6) is -6.30. The molecule has 128 valence electrons. The van der Waals surface area contributed by atoms with Crippen molar-refractivity contribution in [3.05, 3.63) is 82.9 Å². The van der Waals surface area contributed by atoms with Crippen molar-refractivity contribution < 1.29 is 31.9 Å². The molecule has 3 nitrogen and oxygen atoms in total. The Kier molecular flexibility index (Phi) is 5.84. The second kappa shape index (κ2) is 8.05.